The van der Waals surface area contributed by atoms with Crippen molar-refractivity contribution in [3.63, 3.8) is 0 Å². The monoisotopic (exact) mass is 269 g/mol. The van der Waals surface area contributed by atoms with E-state index in [2.05, 4.69) is 10.3 Å². The molecule has 5 nitrogen and oxygen atoms in total. The van der Waals surface area contributed by atoms with Crippen LogP contribution in [-0.4, -0.2) is 29.3 Å². The molecule has 0 aliphatic rings. The lowest BCUT2D eigenvalue weighted by atomic mass is 10.1. The lowest BCUT2D eigenvalue weighted by molar-refractivity contribution is 0.0524. The van der Waals surface area contributed by atoms with E-state index in [0.717, 1.165) is 6.20 Å². The number of hydrogen-bond acceptors (Lipinski definition) is 4. The molecule has 1 unspecified atom stereocenters. The number of nitrogens with one attached hydrogen (secondary N) is 1. The Morgan fingerprint density at radius 1 is 1.53 bits per heavy atom. The third-order valence-electron chi connectivity index (χ3n) is 2.17. The zero-order chi connectivity index (χ0) is 14.5. The summed E-state index contributed by atoms with van der Waals surface area (Å²) in [7, 11) is 0. The normalized spacial score (nSPS) is 12.9. The zero-order valence-corrected chi connectivity index (χ0v) is 11.4. The van der Waals surface area contributed by atoms with E-state index in [1.807, 2.05) is 0 Å². The number of rotatable bonds is 4. The van der Waals surface area contributed by atoms with Crippen LogP contribution in [0, 0.1) is 5.82 Å². The Morgan fingerprint density at radius 3 is 2.74 bits per heavy atom. The van der Waals surface area contributed by atoms with Crippen LogP contribution in [0.1, 0.15) is 26.5 Å². The highest BCUT2D eigenvalue weighted by atomic mass is 19.1. The SMILES string of the molecule is CC(C)(C)OC(=O)NCC(N)Cc1ccc(F)cn1. The summed E-state index contributed by atoms with van der Waals surface area (Å²) in [5, 5.41) is 2.58. The molecule has 1 aromatic heterocycles. The Bertz CT molecular complexity index is 415. The molecule has 1 amide bonds. The zero-order valence-electron chi connectivity index (χ0n) is 11.4. The number of carbonyl (C=O) groups excluding carboxylic acids is 1. The maximum absolute atomic E-state index is 12.7. The molecule has 0 bridgehead atoms. The van der Waals surface area contributed by atoms with Crippen molar-refractivity contribution in [1.82, 2.24) is 10.3 Å². The topological polar surface area (TPSA) is 77.2 Å². The molecule has 1 rings (SSSR count). The molecule has 0 saturated heterocycles. The van der Waals surface area contributed by atoms with Gasteiger partial charge in [0, 0.05) is 24.7 Å². The molecule has 0 saturated carbocycles. The fourth-order valence-electron chi connectivity index (χ4n) is 1.40. The second-order valence-electron chi connectivity index (χ2n) is 5.31. The van der Waals surface area contributed by atoms with Crippen molar-refractivity contribution in [2.45, 2.75) is 38.8 Å². The Balaban J connectivity index is 2.33. The highest BCUT2D eigenvalue weighted by Gasteiger charge is 2.16. The molecule has 6 heteroatoms. The molecule has 0 radical (unpaired) electrons. The van der Waals surface area contributed by atoms with E-state index >= 15 is 0 Å². The van der Waals surface area contributed by atoms with E-state index in [4.69, 9.17) is 10.5 Å². The van der Waals surface area contributed by atoms with Crippen molar-refractivity contribution < 1.29 is 13.9 Å². The van der Waals surface area contributed by atoms with E-state index in [1.54, 1.807) is 26.8 Å². The Morgan fingerprint density at radius 2 is 2.21 bits per heavy atom. The lowest BCUT2D eigenvalue weighted by Gasteiger charge is -2.20. The summed E-state index contributed by atoms with van der Waals surface area (Å²) in [6, 6.07) is 2.60. The van der Waals surface area contributed by atoms with Crippen LogP contribution in [0.4, 0.5) is 9.18 Å². The summed E-state index contributed by atoms with van der Waals surface area (Å²) < 4.78 is 17.8. The number of nitrogens with zero attached hydrogens (tertiary/aromatic N) is 1. The van der Waals surface area contributed by atoms with Crippen LogP contribution < -0.4 is 11.1 Å². The van der Waals surface area contributed by atoms with Crippen LogP contribution in [-0.2, 0) is 11.2 Å². The summed E-state index contributed by atoms with van der Waals surface area (Å²) in [5.74, 6) is -0.385. The first kappa shape index (κ1) is 15.4. The van der Waals surface area contributed by atoms with Gasteiger partial charge in [-0.3, -0.25) is 4.98 Å². The molecule has 106 valence electrons. The van der Waals surface area contributed by atoms with Crippen LogP contribution in [0.15, 0.2) is 18.3 Å². The smallest absolute Gasteiger partial charge is 0.407 e. The Labute approximate surface area is 112 Å². The molecule has 19 heavy (non-hydrogen) atoms. The van der Waals surface area contributed by atoms with E-state index in [0.29, 0.717) is 12.1 Å². The van der Waals surface area contributed by atoms with Crippen molar-refractivity contribution in [1.29, 1.82) is 0 Å². The van der Waals surface area contributed by atoms with Gasteiger partial charge in [0.1, 0.15) is 11.4 Å². The van der Waals surface area contributed by atoms with Gasteiger partial charge in [-0.25, -0.2) is 9.18 Å². The lowest BCUT2D eigenvalue weighted by Crippen LogP contribution is -2.41. The predicted molar refractivity (Wildman–Crippen MR) is 70.1 cm³/mol. The van der Waals surface area contributed by atoms with Gasteiger partial charge in [-0.15, -0.1) is 0 Å². The number of carbonyl (C=O) groups is 1. The van der Waals surface area contributed by atoms with Gasteiger partial charge in [0.2, 0.25) is 0 Å². The second-order valence-corrected chi connectivity index (χ2v) is 5.31. The minimum absolute atomic E-state index is 0.272. The van der Waals surface area contributed by atoms with Crippen LogP contribution in [0.5, 0.6) is 0 Å². The summed E-state index contributed by atoms with van der Waals surface area (Å²) >= 11 is 0. The highest BCUT2D eigenvalue weighted by molar-refractivity contribution is 5.67. The number of aromatic nitrogens is 1. The summed E-state index contributed by atoms with van der Waals surface area (Å²) in [6.07, 6.45) is 1.09. The Hall–Kier alpha value is -1.69. The number of halogens is 1. The third kappa shape index (κ3) is 6.71. The molecule has 0 aliphatic carbocycles. The van der Waals surface area contributed by atoms with Crippen molar-refractivity contribution in [3.05, 3.63) is 29.8 Å². The van der Waals surface area contributed by atoms with Gasteiger partial charge in [0.25, 0.3) is 0 Å². The number of amides is 1. The summed E-state index contributed by atoms with van der Waals surface area (Å²) in [6.45, 7) is 5.63. The fraction of sp³-hybridized carbons (Fsp3) is 0.538. The van der Waals surface area contributed by atoms with Crippen molar-refractivity contribution in [3.8, 4) is 0 Å². The number of alkyl carbamates (subject to hydrolysis) is 1. The molecule has 1 aromatic rings. The number of pyridine rings is 1. The first-order valence-corrected chi connectivity index (χ1v) is 6.09. The van der Waals surface area contributed by atoms with Crippen LogP contribution in [0.25, 0.3) is 0 Å². The fourth-order valence-corrected chi connectivity index (χ4v) is 1.40. The Kier molecular flexibility index (Phi) is 5.23. The average Bonchev–Trinajstić information content (AvgIpc) is 2.27. The standard InChI is InChI=1S/C13H20FN3O2/c1-13(2,3)19-12(18)17-8-10(15)6-11-5-4-9(14)7-16-11/h4-5,7,10H,6,8,15H2,1-3H3,(H,17,18). The number of hydrogen-bond donors (Lipinski definition) is 2. The quantitative estimate of drug-likeness (QED) is 0.870. The largest absolute Gasteiger partial charge is 0.444 e. The molecule has 0 spiro atoms. The molecule has 0 aromatic carbocycles. The van der Waals surface area contributed by atoms with Gasteiger partial charge in [0.05, 0.1) is 6.20 Å². The van der Waals surface area contributed by atoms with E-state index in [9.17, 15) is 9.18 Å². The summed E-state index contributed by atoms with van der Waals surface area (Å²) in [5.41, 5.74) is 6.00. The van der Waals surface area contributed by atoms with Gasteiger partial charge in [-0.1, -0.05) is 0 Å². The molecule has 1 heterocycles. The molecule has 1 atom stereocenters. The molecular weight excluding hydrogens is 249 g/mol. The molecule has 0 aliphatic heterocycles. The van der Waals surface area contributed by atoms with E-state index < -0.39 is 11.7 Å². The molecule has 3 N–H and O–H groups in total. The molecular formula is C13H20FN3O2. The van der Waals surface area contributed by atoms with Gasteiger partial charge < -0.3 is 15.8 Å². The minimum atomic E-state index is -0.535. The van der Waals surface area contributed by atoms with Crippen molar-refractivity contribution in [2.75, 3.05) is 6.54 Å². The first-order valence-electron chi connectivity index (χ1n) is 6.09. The predicted octanol–water partition coefficient (Wildman–Crippen LogP) is 1.62. The van der Waals surface area contributed by atoms with Gasteiger partial charge >= 0.3 is 6.09 Å². The number of nitrogens with two attached hydrogens (primary N) is 1. The number of ether oxygens (including phenoxy) is 1. The molecule has 0 fully saturated rings. The van der Waals surface area contributed by atoms with Crippen LogP contribution in [0.2, 0.25) is 0 Å². The van der Waals surface area contributed by atoms with E-state index in [-0.39, 0.29) is 18.4 Å². The van der Waals surface area contributed by atoms with Crippen molar-refractivity contribution >= 4 is 6.09 Å². The highest BCUT2D eigenvalue weighted by Crippen LogP contribution is 2.06. The van der Waals surface area contributed by atoms with Gasteiger partial charge in [-0.2, -0.15) is 0 Å². The maximum Gasteiger partial charge on any atom is 0.407 e. The minimum Gasteiger partial charge on any atom is -0.444 e. The first-order chi connectivity index (χ1) is 8.76. The van der Waals surface area contributed by atoms with Gasteiger partial charge in [-0.05, 0) is 32.9 Å². The summed E-state index contributed by atoms with van der Waals surface area (Å²) in [4.78, 5) is 15.3. The van der Waals surface area contributed by atoms with Crippen molar-refractivity contribution in [2.24, 2.45) is 5.73 Å². The van der Waals surface area contributed by atoms with Crippen LogP contribution >= 0.6 is 0 Å². The third-order valence-corrected chi connectivity index (χ3v) is 2.17. The van der Waals surface area contributed by atoms with Crippen LogP contribution in [0.3, 0.4) is 0 Å². The average molecular weight is 269 g/mol. The second kappa shape index (κ2) is 6.47. The maximum atomic E-state index is 12.7. The van der Waals surface area contributed by atoms with Gasteiger partial charge in [0.15, 0.2) is 0 Å². The van der Waals surface area contributed by atoms with E-state index in [1.165, 1.54) is 6.07 Å².